The van der Waals surface area contributed by atoms with Crippen LogP contribution in [0.25, 0.3) is 4.83 Å². The molecule has 1 amide bonds. The summed E-state index contributed by atoms with van der Waals surface area (Å²) in [7, 11) is 0. The fraction of sp³-hybridized carbons (Fsp3) is 0.529. The van der Waals surface area contributed by atoms with E-state index in [9.17, 15) is 4.79 Å². The highest BCUT2D eigenvalue weighted by atomic mass is 32.1. The van der Waals surface area contributed by atoms with E-state index in [1.54, 1.807) is 22.3 Å². The van der Waals surface area contributed by atoms with Crippen molar-refractivity contribution >= 4 is 22.1 Å². The van der Waals surface area contributed by atoms with Crippen LogP contribution >= 0.6 is 11.3 Å². The van der Waals surface area contributed by atoms with Gasteiger partial charge in [0.05, 0.1) is 12.2 Å². The lowest BCUT2D eigenvalue weighted by atomic mass is 9.95. The third-order valence-electron chi connectivity index (χ3n) is 4.90. The number of rotatable bonds is 4. The van der Waals surface area contributed by atoms with Crippen molar-refractivity contribution in [1.82, 2.24) is 29.0 Å². The van der Waals surface area contributed by atoms with Crippen LogP contribution in [0.3, 0.4) is 0 Å². The van der Waals surface area contributed by atoms with Gasteiger partial charge in [0.2, 0.25) is 5.91 Å². The zero-order valence-corrected chi connectivity index (χ0v) is 15.4. The number of thiazole rings is 1. The van der Waals surface area contributed by atoms with Crippen LogP contribution in [0.2, 0.25) is 0 Å². The number of hydrogen-bond donors (Lipinski definition) is 0. The van der Waals surface area contributed by atoms with Crippen LogP contribution in [-0.2, 0) is 11.3 Å². The molecule has 1 saturated heterocycles. The number of carbonyl (C=O) groups excluding carboxylic acids is 1. The van der Waals surface area contributed by atoms with Crippen LogP contribution in [0.5, 0.6) is 0 Å². The van der Waals surface area contributed by atoms with Gasteiger partial charge in [-0.1, -0.05) is 0 Å². The van der Waals surface area contributed by atoms with E-state index in [0.29, 0.717) is 18.9 Å². The Labute approximate surface area is 150 Å². The minimum absolute atomic E-state index is 0.190. The Morgan fingerprint density at radius 3 is 3.08 bits per heavy atom. The summed E-state index contributed by atoms with van der Waals surface area (Å²) >= 11 is 1.75. The third kappa shape index (κ3) is 3.06. The quantitative estimate of drug-likeness (QED) is 0.718. The second-order valence-electron chi connectivity index (χ2n) is 6.65. The topological polar surface area (TPSA) is 68.3 Å². The van der Waals surface area contributed by atoms with Gasteiger partial charge in [-0.2, -0.15) is 5.10 Å². The van der Waals surface area contributed by atoms with Crippen LogP contribution in [0.1, 0.15) is 42.4 Å². The van der Waals surface area contributed by atoms with Crippen LogP contribution < -0.4 is 0 Å². The Bertz CT molecular complexity index is 881. The maximum Gasteiger partial charge on any atom is 0.224 e. The number of hydrogen-bond acceptors (Lipinski definition) is 5. The molecule has 0 radical (unpaired) electrons. The molecule has 0 aromatic carbocycles. The molecule has 3 aromatic heterocycles. The lowest BCUT2D eigenvalue weighted by molar-refractivity contribution is -0.132. The summed E-state index contributed by atoms with van der Waals surface area (Å²) < 4.78 is 3.93. The highest BCUT2D eigenvalue weighted by Crippen LogP contribution is 2.33. The Morgan fingerprint density at radius 1 is 1.40 bits per heavy atom. The summed E-state index contributed by atoms with van der Waals surface area (Å²) in [4.78, 5) is 24.6. The molecule has 3 aromatic rings. The van der Waals surface area contributed by atoms with Gasteiger partial charge in [0, 0.05) is 36.5 Å². The van der Waals surface area contributed by atoms with Crippen LogP contribution in [0.15, 0.2) is 18.0 Å². The molecule has 1 fully saturated rings. The largest absolute Gasteiger partial charge is 0.342 e. The maximum atomic E-state index is 12.6. The first-order chi connectivity index (χ1) is 12.1. The van der Waals surface area contributed by atoms with Crippen LogP contribution in [-0.4, -0.2) is 48.0 Å². The SMILES string of the molecule is Cc1csc2c([C@@H]3CCCN(C(=O)CCn4cncn4)C3)nc(C)n12. The number of fused-ring (bicyclic) bond motifs is 1. The first-order valence-corrected chi connectivity index (χ1v) is 9.54. The fourth-order valence-electron chi connectivity index (χ4n) is 3.67. The van der Waals surface area contributed by atoms with E-state index >= 15 is 0 Å². The number of piperidine rings is 1. The molecule has 25 heavy (non-hydrogen) atoms. The van der Waals surface area contributed by atoms with E-state index in [1.807, 2.05) is 4.90 Å². The number of likely N-dealkylation sites (tertiary alicyclic amines) is 1. The Kier molecular flexibility index (Phi) is 4.29. The Morgan fingerprint density at radius 2 is 2.28 bits per heavy atom. The molecule has 0 spiro atoms. The number of carbonyl (C=O) groups is 1. The summed E-state index contributed by atoms with van der Waals surface area (Å²) in [5.41, 5.74) is 2.39. The minimum Gasteiger partial charge on any atom is -0.342 e. The standard InChI is InChI=1S/C17H22N6OS/c1-12-9-25-17-16(20-13(2)23(12)17)14-4-3-6-21(8-14)15(24)5-7-22-11-18-10-19-22/h9-11,14H,3-8H2,1-2H3/t14-/m1/s1. The van der Waals surface area contributed by atoms with E-state index in [2.05, 4.69) is 33.7 Å². The molecule has 132 valence electrons. The number of imidazole rings is 1. The average Bonchev–Trinajstić information content (AvgIpc) is 3.33. The van der Waals surface area contributed by atoms with Crippen molar-refractivity contribution in [3.05, 3.63) is 35.2 Å². The lowest BCUT2D eigenvalue weighted by Crippen LogP contribution is -2.39. The van der Waals surface area contributed by atoms with Gasteiger partial charge in [0.25, 0.3) is 0 Å². The summed E-state index contributed by atoms with van der Waals surface area (Å²) in [6, 6.07) is 0. The molecule has 1 atom stereocenters. The summed E-state index contributed by atoms with van der Waals surface area (Å²) in [5.74, 6) is 1.55. The average molecular weight is 358 g/mol. The zero-order valence-electron chi connectivity index (χ0n) is 14.6. The summed E-state index contributed by atoms with van der Waals surface area (Å²) in [5, 5.41) is 6.24. The molecular weight excluding hydrogens is 336 g/mol. The molecule has 8 heteroatoms. The van der Waals surface area contributed by atoms with Crippen molar-refractivity contribution in [2.24, 2.45) is 0 Å². The van der Waals surface area contributed by atoms with Gasteiger partial charge in [-0.3, -0.25) is 13.9 Å². The van der Waals surface area contributed by atoms with Gasteiger partial charge in [-0.05, 0) is 26.7 Å². The number of amides is 1. The Balaban J connectivity index is 1.47. The fourth-order valence-corrected chi connectivity index (χ4v) is 4.77. The van der Waals surface area contributed by atoms with Crippen molar-refractivity contribution in [1.29, 1.82) is 0 Å². The highest BCUT2D eigenvalue weighted by molar-refractivity contribution is 7.15. The third-order valence-corrected chi connectivity index (χ3v) is 5.98. The van der Waals surface area contributed by atoms with E-state index in [1.165, 1.54) is 16.9 Å². The predicted octanol–water partition coefficient (Wildman–Crippen LogP) is 2.40. The van der Waals surface area contributed by atoms with Crippen molar-refractivity contribution in [2.45, 2.75) is 45.6 Å². The molecular formula is C17H22N6OS. The molecule has 7 nitrogen and oxygen atoms in total. The van der Waals surface area contributed by atoms with E-state index < -0.39 is 0 Å². The molecule has 1 aliphatic heterocycles. The van der Waals surface area contributed by atoms with E-state index in [4.69, 9.17) is 4.98 Å². The van der Waals surface area contributed by atoms with Gasteiger partial charge in [-0.25, -0.2) is 9.97 Å². The maximum absolute atomic E-state index is 12.6. The first kappa shape index (κ1) is 16.3. The number of nitrogens with zero attached hydrogens (tertiary/aromatic N) is 6. The number of aryl methyl sites for hydroxylation is 3. The molecule has 0 unspecified atom stereocenters. The van der Waals surface area contributed by atoms with Crippen molar-refractivity contribution in [3.63, 3.8) is 0 Å². The molecule has 4 heterocycles. The Hall–Kier alpha value is -2.22. The van der Waals surface area contributed by atoms with Crippen LogP contribution in [0, 0.1) is 13.8 Å². The second kappa shape index (κ2) is 6.59. The van der Waals surface area contributed by atoms with Gasteiger partial charge in [-0.15, -0.1) is 11.3 Å². The van der Waals surface area contributed by atoms with Crippen molar-refractivity contribution < 1.29 is 4.79 Å². The highest BCUT2D eigenvalue weighted by Gasteiger charge is 2.28. The molecule has 0 N–H and O–H groups in total. The van der Waals surface area contributed by atoms with Gasteiger partial charge < -0.3 is 4.90 Å². The van der Waals surface area contributed by atoms with Gasteiger partial charge in [0.15, 0.2) is 0 Å². The van der Waals surface area contributed by atoms with Crippen molar-refractivity contribution in [2.75, 3.05) is 13.1 Å². The zero-order chi connectivity index (χ0) is 17.4. The normalized spacial score (nSPS) is 18.2. The minimum atomic E-state index is 0.190. The molecule has 0 bridgehead atoms. The summed E-state index contributed by atoms with van der Waals surface area (Å²) in [6.45, 7) is 6.35. The summed E-state index contributed by atoms with van der Waals surface area (Å²) in [6.07, 6.45) is 5.73. The van der Waals surface area contributed by atoms with Crippen molar-refractivity contribution in [3.8, 4) is 0 Å². The van der Waals surface area contributed by atoms with Gasteiger partial charge >= 0.3 is 0 Å². The molecule has 0 aliphatic carbocycles. The van der Waals surface area contributed by atoms with Crippen LogP contribution in [0.4, 0.5) is 0 Å². The first-order valence-electron chi connectivity index (χ1n) is 8.66. The second-order valence-corrected chi connectivity index (χ2v) is 7.51. The molecule has 4 rings (SSSR count). The smallest absolute Gasteiger partial charge is 0.224 e. The number of aromatic nitrogens is 5. The lowest BCUT2D eigenvalue weighted by Gasteiger charge is -2.32. The van der Waals surface area contributed by atoms with E-state index in [0.717, 1.165) is 37.4 Å². The van der Waals surface area contributed by atoms with E-state index in [-0.39, 0.29) is 5.91 Å². The van der Waals surface area contributed by atoms with Gasteiger partial charge in [0.1, 0.15) is 23.3 Å². The monoisotopic (exact) mass is 358 g/mol. The molecule has 0 saturated carbocycles. The predicted molar refractivity (Wildman–Crippen MR) is 95.7 cm³/mol. The molecule has 1 aliphatic rings.